The fraction of sp³-hybridized carbons (Fsp3) is 0.600. The van der Waals surface area contributed by atoms with Crippen LogP contribution in [0.3, 0.4) is 0 Å². The Labute approximate surface area is 102 Å². The van der Waals surface area contributed by atoms with Crippen LogP contribution in [0.1, 0.15) is 28.2 Å². The third-order valence-corrected chi connectivity index (χ3v) is 4.45. The zero-order chi connectivity index (χ0) is 11.5. The molecule has 0 aromatic carbocycles. The molecule has 0 spiro atoms. The molecule has 0 radical (unpaired) electrons. The molecule has 0 aliphatic heterocycles. The highest BCUT2D eigenvalue weighted by Crippen LogP contribution is 2.30. The van der Waals surface area contributed by atoms with Gasteiger partial charge in [0.1, 0.15) is 4.88 Å². The molecule has 88 valence electrons. The highest BCUT2D eigenvalue weighted by atomic mass is 32.2. The van der Waals surface area contributed by atoms with E-state index in [1.165, 1.54) is 35.9 Å². The number of nitrogens with zero attached hydrogens (tertiary/aromatic N) is 1. The lowest BCUT2D eigenvalue weighted by atomic mass is 10.4. The predicted octanol–water partition coefficient (Wildman–Crippen LogP) is 2.63. The summed E-state index contributed by atoms with van der Waals surface area (Å²) in [7, 11) is 0. The monoisotopic (exact) mass is 259 g/mol. The number of rotatable bonds is 6. The molecule has 1 N–H and O–H groups in total. The number of carboxylic acid groups (broad SMARTS) is 1. The van der Waals surface area contributed by atoms with Gasteiger partial charge < -0.3 is 9.84 Å². The van der Waals surface area contributed by atoms with Crippen LogP contribution in [0.2, 0.25) is 0 Å². The van der Waals surface area contributed by atoms with Crippen LogP contribution < -0.4 is 0 Å². The van der Waals surface area contributed by atoms with Crippen molar-refractivity contribution in [1.29, 1.82) is 0 Å². The average molecular weight is 259 g/mol. The van der Waals surface area contributed by atoms with E-state index in [0.29, 0.717) is 16.5 Å². The van der Waals surface area contributed by atoms with Crippen molar-refractivity contribution in [3.05, 3.63) is 10.6 Å². The average Bonchev–Trinajstić information content (AvgIpc) is 2.97. The van der Waals surface area contributed by atoms with Crippen LogP contribution in [0.5, 0.6) is 0 Å². The molecule has 1 saturated carbocycles. The van der Waals surface area contributed by atoms with Crippen LogP contribution in [0, 0.1) is 12.8 Å². The van der Waals surface area contributed by atoms with Crippen LogP contribution in [-0.2, 0) is 4.74 Å². The van der Waals surface area contributed by atoms with Crippen molar-refractivity contribution >= 4 is 29.1 Å². The zero-order valence-electron chi connectivity index (χ0n) is 8.93. The first-order valence-corrected chi connectivity index (χ1v) is 6.88. The molecule has 1 aliphatic rings. The van der Waals surface area contributed by atoms with Crippen LogP contribution in [0.25, 0.3) is 0 Å². The lowest BCUT2D eigenvalue weighted by Crippen LogP contribution is -1.94. The molecular formula is C10H13NO3S2. The first-order valence-electron chi connectivity index (χ1n) is 5.08. The summed E-state index contributed by atoms with van der Waals surface area (Å²) in [4.78, 5) is 15.3. The smallest absolute Gasteiger partial charge is 0.347 e. The normalized spacial score (nSPS) is 15.3. The van der Waals surface area contributed by atoms with E-state index in [1.54, 1.807) is 6.92 Å². The maximum atomic E-state index is 10.8. The molecule has 1 aromatic heterocycles. The van der Waals surface area contributed by atoms with E-state index < -0.39 is 5.97 Å². The Morgan fingerprint density at radius 1 is 1.69 bits per heavy atom. The van der Waals surface area contributed by atoms with Gasteiger partial charge in [-0.15, -0.1) is 11.3 Å². The van der Waals surface area contributed by atoms with E-state index in [0.717, 1.165) is 16.9 Å². The lowest BCUT2D eigenvalue weighted by molar-refractivity contribution is 0.0701. The molecule has 2 rings (SSSR count). The number of thioether (sulfide) groups is 1. The standard InChI is InChI=1S/C10H13NO3S2/c1-6-8(9(12)13)16-10(11-6)15-5-14-4-7-2-3-7/h7H,2-5H2,1H3,(H,12,13). The van der Waals surface area contributed by atoms with Gasteiger partial charge in [-0.3, -0.25) is 0 Å². The molecule has 16 heavy (non-hydrogen) atoms. The van der Waals surface area contributed by atoms with Gasteiger partial charge in [0, 0.05) is 0 Å². The third-order valence-electron chi connectivity index (χ3n) is 2.29. The zero-order valence-corrected chi connectivity index (χ0v) is 10.6. The molecule has 1 aliphatic carbocycles. The van der Waals surface area contributed by atoms with Gasteiger partial charge >= 0.3 is 5.97 Å². The number of thiazole rings is 1. The topological polar surface area (TPSA) is 59.4 Å². The largest absolute Gasteiger partial charge is 0.477 e. The van der Waals surface area contributed by atoms with Crippen molar-refractivity contribution in [2.24, 2.45) is 5.92 Å². The Hall–Kier alpha value is -0.590. The van der Waals surface area contributed by atoms with Crippen molar-refractivity contribution in [3.8, 4) is 0 Å². The minimum absolute atomic E-state index is 0.324. The van der Waals surface area contributed by atoms with Crippen molar-refractivity contribution < 1.29 is 14.6 Å². The van der Waals surface area contributed by atoms with Crippen molar-refractivity contribution in [3.63, 3.8) is 0 Å². The number of aromatic nitrogens is 1. The molecule has 0 atom stereocenters. The first kappa shape index (κ1) is 11.9. The van der Waals surface area contributed by atoms with E-state index in [-0.39, 0.29) is 0 Å². The summed E-state index contributed by atoms with van der Waals surface area (Å²) in [5.74, 6) is 0.414. The van der Waals surface area contributed by atoms with E-state index in [1.807, 2.05) is 0 Å². The number of hydrogen-bond acceptors (Lipinski definition) is 5. The lowest BCUT2D eigenvalue weighted by Gasteiger charge is -1.99. The summed E-state index contributed by atoms with van der Waals surface area (Å²) in [6, 6.07) is 0. The highest BCUT2D eigenvalue weighted by Gasteiger charge is 2.21. The summed E-state index contributed by atoms with van der Waals surface area (Å²) in [6.07, 6.45) is 2.56. The second-order valence-corrected chi connectivity index (χ2v) is 5.94. The Balaban J connectivity index is 1.79. The first-order chi connectivity index (χ1) is 7.66. The number of aromatic carboxylic acids is 1. The Bertz CT molecular complexity index is 387. The molecule has 0 bridgehead atoms. The molecule has 0 amide bonds. The van der Waals surface area contributed by atoms with Gasteiger partial charge in [-0.25, -0.2) is 9.78 Å². The fourth-order valence-corrected chi connectivity index (χ4v) is 2.97. The molecule has 0 unspecified atom stereocenters. The van der Waals surface area contributed by atoms with Gasteiger partial charge in [-0.1, -0.05) is 11.8 Å². The Kier molecular flexibility index (Phi) is 3.83. The molecule has 1 aromatic rings. The summed E-state index contributed by atoms with van der Waals surface area (Å²) in [5.41, 5.74) is 0.585. The molecule has 1 heterocycles. The number of carboxylic acids is 1. The maximum absolute atomic E-state index is 10.8. The second-order valence-electron chi connectivity index (χ2n) is 3.78. The van der Waals surface area contributed by atoms with Crippen molar-refractivity contribution in [1.82, 2.24) is 4.98 Å². The molecule has 0 saturated heterocycles. The van der Waals surface area contributed by atoms with Gasteiger partial charge in [0.2, 0.25) is 0 Å². The molecular weight excluding hydrogens is 246 g/mol. The highest BCUT2D eigenvalue weighted by molar-refractivity contribution is 8.00. The number of carbonyl (C=O) groups is 1. The SMILES string of the molecule is Cc1nc(SCOCC2CC2)sc1C(=O)O. The summed E-state index contributed by atoms with van der Waals surface area (Å²) >= 11 is 2.68. The van der Waals surface area contributed by atoms with Gasteiger partial charge in [0.05, 0.1) is 18.2 Å². The minimum atomic E-state index is -0.902. The van der Waals surface area contributed by atoms with E-state index in [9.17, 15) is 4.79 Å². The number of hydrogen-bond donors (Lipinski definition) is 1. The summed E-state index contributed by atoms with van der Waals surface area (Å²) in [6.45, 7) is 2.54. The minimum Gasteiger partial charge on any atom is -0.477 e. The number of aryl methyl sites for hydroxylation is 1. The molecule has 6 heteroatoms. The van der Waals surface area contributed by atoms with Crippen molar-refractivity contribution in [2.75, 3.05) is 12.5 Å². The maximum Gasteiger partial charge on any atom is 0.347 e. The fourth-order valence-electron chi connectivity index (χ4n) is 1.22. The van der Waals surface area contributed by atoms with Crippen LogP contribution in [0.15, 0.2) is 4.34 Å². The van der Waals surface area contributed by atoms with E-state index >= 15 is 0 Å². The van der Waals surface area contributed by atoms with Crippen LogP contribution >= 0.6 is 23.1 Å². The van der Waals surface area contributed by atoms with Crippen LogP contribution in [-0.4, -0.2) is 28.6 Å². The molecule has 4 nitrogen and oxygen atoms in total. The Morgan fingerprint density at radius 3 is 3.00 bits per heavy atom. The summed E-state index contributed by atoms with van der Waals surface area (Å²) < 4.78 is 6.22. The van der Waals surface area contributed by atoms with Gasteiger partial charge in [-0.2, -0.15) is 0 Å². The van der Waals surface area contributed by atoms with E-state index in [4.69, 9.17) is 9.84 Å². The second kappa shape index (κ2) is 5.16. The summed E-state index contributed by atoms with van der Waals surface area (Å²) in [5, 5.41) is 8.86. The molecule has 1 fully saturated rings. The third kappa shape index (κ3) is 3.20. The van der Waals surface area contributed by atoms with Crippen molar-refractivity contribution in [2.45, 2.75) is 24.1 Å². The van der Waals surface area contributed by atoms with Crippen LogP contribution in [0.4, 0.5) is 0 Å². The van der Waals surface area contributed by atoms with Gasteiger partial charge in [-0.05, 0) is 25.7 Å². The predicted molar refractivity (Wildman–Crippen MR) is 63.2 cm³/mol. The quantitative estimate of drug-likeness (QED) is 0.483. The van der Waals surface area contributed by atoms with Gasteiger partial charge in [0.15, 0.2) is 4.34 Å². The van der Waals surface area contributed by atoms with Gasteiger partial charge in [0.25, 0.3) is 0 Å². The van der Waals surface area contributed by atoms with E-state index in [2.05, 4.69) is 4.98 Å². The Morgan fingerprint density at radius 2 is 2.44 bits per heavy atom. The number of ether oxygens (including phenoxy) is 1.